The van der Waals surface area contributed by atoms with Gasteiger partial charge >= 0.3 is 0 Å². The van der Waals surface area contributed by atoms with Crippen molar-refractivity contribution in [2.75, 3.05) is 13.2 Å². The number of hydrogen-bond acceptors (Lipinski definition) is 3. The van der Waals surface area contributed by atoms with Crippen molar-refractivity contribution in [3.8, 4) is 11.5 Å². The highest BCUT2D eigenvalue weighted by molar-refractivity contribution is 5.44. The van der Waals surface area contributed by atoms with E-state index in [0.717, 1.165) is 11.5 Å². The minimum Gasteiger partial charge on any atom is -0.486 e. The van der Waals surface area contributed by atoms with Crippen LogP contribution in [0.5, 0.6) is 11.5 Å². The maximum atomic E-state index is 5.65. The van der Waals surface area contributed by atoms with Crippen molar-refractivity contribution in [3.63, 3.8) is 0 Å². The first-order valence-electron chi connectivity index (χ1n) is 6.73. The Hall–Kier alpha value is -1.22. The van der Waals surface area contributed by atoms with Crippen molar-refractivity contribution in [1.82, 2.24) is 5.32 Å². The maximum Gasteiger partial charge on any atom is 0.161 e. The molecule has 0 spiro atoms. The summed E-state index contributed by atoms with van der Waals surface area (Å²) in [5, 5.41) is 3.61. The van der Waals surface area contributed by atoms with E-state index in [9.17, 15) is 0 Å². The lowest BCUT2D eigenvalue weighted by atomic mass is 9.95. The van der Waals surface area contributed by atoms with Crippen LogP contribution in [0.25, 0.3) is 0 Å². The highest BCUT2D eigenvalue weighted by atomic mass is 16.6. The fraction of sp³-hybridized carbons (Fsp3) is 0.600. The first-order valence-corrected chi connectivity index (χ1v) is 6.73. The van der Waals surface area contributed by atoms with Gasteiger partial charge in [0.05, 0.1) is 0 Å². The van der Waals surface area contributed by atoms with Crippen molar-refractivity contribution in [3.05, 3.63) is 23.8 Å². The Labute approximate surface area is 109 Å². The van der Waals surface area contributed by atoms with Gasteiger partial charge < -0.3 is 14.8 Å². The van der Waals surface area contributed by atoms with Crippen LogP contribution in [0.15, 0.2) is 18.2 Å². The van der Waals surface area contributed by atoms with Crippen LogP contribution in [-0.2, 0) is 0 Å². The molecule has 0 fully saturated rings. The van der Waals surface area contributed by atoms with Gasteiger partial charge in [-0.1, -0.05) is 33.8 Å². The quantitative estimate of drug-likeness (QED) is 0.889. The SMILES string of the molecule is CC(C)NC(c1ccc2c(c1)OCCO2)C(C)C. The summed E-state index contributed by atoms with van der Waals surface area (Å²) < 4.78 is 11.2. The van der Waals surface area contributed by atoms with Crippen LogP contribution in [0, 0.1) is 5.92 Å². The van der Waals surface area contributed by atoms with E-state index in [0.29, 0.717) is 31.2 Å². The molecule has 1 aliphatic rings. The number of rotatable bonds is 4. The third-order valence-corrected chi connectivity index (χ3v) is 3.10. The van der Waals surface area contributed by atoms with Crippen LogP contribution in [0.4, 0.5) is 0 Å². The summed E-state index contributed by atoms with van der Waals surface area (Å²) in [7, 11) is 0. The predicted octanol–water partition coefficient (Wildman–Crippen LogP) is 3.15. The fourth-order valence-electron chi connectivity index (χ4n) is 2.29. The molecule has 0 amide bonds. The average Bonchev–Trinajstić information content (AvgIpc) is 2.35. The van der Waals surface area contributed by atoms with E-state index >= 15 is 0 Å². The zero-order valence-corrected chi connectivity index (χ0v) is 11.7. The molecule has 2 rings (SSSR count). The van der Waals surface area contributed by atoms with E-state index in [4.69, 9.17) is 9.47 Å². The molecule has 1 heterocycles. The van der Waals surface area contributed by atoms with Gasteiger partial charge in [-0.15, -0.1) is 0 Å². The van der Waals surface area contributed by atoms with Crippen LogP contribution in [0.1, 0.15) is 39.3 Å². The minimum atomic E-state index is 0.348. The molecular weight excluding hydrogens is 226 g/mol. The lowest BCUT2D eigenvalue weighted by molar-refractivity contribution is 0.171. The third-order valence-electron chi connectivity index (χ3n) is 3.10. The first-order chi connectivity index (χ1) is 8.58. The molecule has 100 valence electrons. The molecule has 0 radical (unpaired) electrons. The molecule has 0 aromatic heterocycles. The fourth-order valence-corrected chi connectivity index (χ4v) is 2.29. The molecular formula is C15H23NO2. The molecule has 3 heteroatoms. The highest BCUT2D eigenvalue weighted by Gasteiger charge is 2.19. The molecule has 1 aliphatic heterocycles. The van der Waals surface area contributed by atoms with Crippen molar-refractivity contribution in [2.24, 2.45) is 5.92 Å². The maximum absolute atomic E-state index is 5.65. The van der Waals surface area contributed by atoms with Gasteiger partial charge in [0.1, 0.15) is 13.2 Å². The Morgan fingerprint density at radius 1 is 1.00 bits per heavy atom. The Bertz CT molecular complexity index is 401. The van der Waals surface area contributed by atoms with Crippen LogP contribution in [-0.4, -0.2) is 19.3 Å². The first kappa shape index (κ1) is 13.2. The topological polar surface area (TPSA) is 30.5 Å². The van der Waals surface area contributed by atoms with Gasteiger partial charge in [-0.05, 0) is 23.6 Å². The Balaban J connectivity index is 2.24. The molecule has 0 saturated heterocycles. The lowest BCUT2D eigenvalue weighted by Gasteiger charge is -2.27. The average molecular weight is 249 g/mol. The second kappa shape index (κ2) is 5.61. The predicted molar refractivity (Wildman–Crippen MR) is 73.3 cm³/mol. The van der Waals surface area contributed by atoms with Gasteiger partial charge in [0.2, 0.25) is 0 Å². The number of ether oxygens (including phenoxy) is 2. The Kier molecular flexibility index (Phi) is 4.12. The second-order valence-corrected chi connectivity index (χ2v) is 5.45. The van der Waals surface area contributed by atoms with Crippen molar-refractivity contribution in [1.29, 1.82) is 0 Å². The summed E-state index contributed by atoms with van der Waals surface area (Å²) in [4.78, 5) is 0. The van der Waals surface area contributed by atoms with Gasteiger partial charge in [0, 0.05) is 12.1 Å². The monoisotopic (exact) mass is 249 g/mol. The third kappa shape index (κ3) is 2.96. The number of hydrogen-bond donors (Lipinski definition) is 1. The van der Waals surface area contributed by atoms with Gasteiger partial charge in [-0.3, -0.25) is 0 Å². The summed E-state index contributed by atoms with van der Waals surface area (Å²) in [6.07, 6.45) is 0. The van der Waals surface area contributed by atoms with Crippen LogP contribution < -0.4 is 14.8 Å². The summed E-state index contributed by atoms with van der Waals surface area (Å²) in [5.41, 5.74) is 1.27. The van der Waals surface area contributed by atoms with E-state index in [2.05, 4.69) is 45.1 Å². The second-order valence-electron chi connectivity index (χ2n) is 5.45. The Morgan fingerprint density at radius 2 is 1.67 bits per heavy atom. The van der Waals surface area contributed by atoms with Crippen LogP contribution in [0.2, 0.25) is 0 Å². The van der Waals surface area contributed by atoms with Gasteiger partial charge in [-0.2, -0.15) is 0 Å². The van der Waals surface area contributed by atoms with Crippen LogP contribution >= 0.6 is 0 Å². The van der Waals surface area contributed by atoms with Crippen LogP contribution in [0.3, 0.4) is 0 Å². The minimum absolute atomic E-state index is 0.348. The molecule has 0 saturated carbocycles. The molecule has 18 heavy (non-hydrogen) atoms. The zero-order valence-electron chi connectivity index (χ0n) is 11.7. The molecule has 1 atom stereocenters. The lowest BCUT2D eigenvalue weighted by Crippen LogP contribution is -2.31. The van der Waals surface area contributed by atoms with Crippen molar-refractivity contribution < 1.29 is 9.47 Å². The van der Waals surface area contributed by atoms with E-state index in [1.54, 1.807) is 0 Å². The van der Waals surface area contributed by atoms with Gasteiger partial charge in [0.15, 0.2) is 11.5 Å². The van der Waals surface area contributed by atoms with Crippen molar-refractivity contribution >= 4 is 0 Å². The summed E-state index contributed by atoms with van der Waals surface area (Å²) >= 11 is 0. The zero-order chi connectivity index (χ0) is 13.1. The molecule has 0 bridgehead atoms. The molecule has 1 aromatic carbocycles. The van der Waals surface area contributed by atoms with Crippen molar-refractivity contribution in [2.45, 2.75) is 39.8 Å². The molecule has 0 aliphatic carbocycles. The van der Waals surface area contributed by atoms with Gasteiger partial charge in [-0.25, -0.2) is 0 Å². The molecule has 3 nitrogen and oxygen atoms in total. The summed E-state index contributed by atoms with van der Waals surface area (Å²) in [6.45, 7) is 10.1. The Morgan fingerprint density at radius 3 is 2.28 bits per heavy atom. The van der Waals surface area contributed by atoms with E-state index in [1.807, 2.05) is 6.07 Å². The number of fused-ring (bicyclic) bond motifs is 1. The highest BCUT2D eigenvalue weighted by Crippen LogP contribution is 2.34. The molecule has 1 unspecified atom stereocenters. The van der Waals surface area contributed by atoms with Gasteiger partial charge in [0.25, 0.3) is 0 Å². The number of benzene rings is 1. The number of nitrogens with one attached hydrogen (secondary N) is 1. The summed E-state index contributed by atoms with van der Waals surface area (Å²) in [5.74, 6) is 2.27. The molecule has 1 aromatic rings. The summed E-state index contributed by atoms with van der Waals surface area (Å²) in [6, 6.07) is 7.06. The van der Waals surface area contributed by atoms with E-state index in [-0.39, 0.29) is 0 Å². The largest absolute Gasteiger partial charge is 0.486 e. The van der Waals surface area contributed by atoms with E-state index in [1.165, 1.54) is 5.56 Å². The van der Waals surface area contributed by atoms with E-state index < -0.39 is 0 Å². The molecule has 1 N–H and O–H groups in total. The smallest absolute Gasteiger partial charge is 0.161 e. The normalized spacial score (nSPS) is 16.1. The standard InChI is InChI=1S/C15H23NO2/c1-10(2)15(16-11(3)4)12-5-6-13-14(9-12)18-8-7-17-13/h5-6,9-11,15-16H,7-8H2,1-4H3.